The van der Waals surface area contributed by atoms with Gasteiger partial charge in [-0.2, -0.15) is 0 Å². The maximum Gasteiger partial charge on any atom is 0.244 e. The fourth-order valence-electron chi connectivity index (χ4n) is 1.88. The van der Waals surface area contributed by atoms with E-state index in [0.29, 0.717) is 25.5 Å². The van der Waals surface area contributed by atoms with Gasteiger partial charge in [0.15, 0.2) is 17.5 Å². The number of carbonyl (C=O) groups is 1. The molecule has 1 heterocycles. The molecule has 0 aromatic heterocycles. The zero-order valence-electron chi connectivity index (χ0n) is 13.4. The molecule has 0 aliphatic carbocycles. The number of aliphatic imine (C=N–C) groups is 1. The van der Waals surface area contributed by atoms with E-state index < -0.39 is 0 Å². The van der Waals surface area contributed by atoms with Crippen molar-refractivity contribution in [3.05, 3.63) is 18.2 Å². The predicted molar refractivity (Wildman–Crippen MR) is 101 cm³/mol. The summed E-state index contributed by atoms with van der Waals surface area (Å²) in [6.07, 6.45) is 0.855. The van der Waals surface area contributed by atoms with Crippen LogP contribution in [-0.2, 0) is 4.79 Å². The number of rotatable bonds is 4. The van der Waals surface area contributed by atoms with Gasteiger partial charge in [-0.05, 0) is 19.1 Å². The summed E-state index contributed by atoms with van der Waals surface area (Å²) in [5.41, 5.74) is 6.54. The van der Waals surface area contributed by atoms with Gasteiger partial charge in [0.2, 0.25) is 5.91 Å². The van der Waals surface area contributed by atoms with Crippen molar-refractivity contribution in [2.45, 2.75) is 13.3 Å². The number of anilines is 1. The zero-order valence-corrected chi connectivity index (χ0v) is 15.7. The number of carbonyl (C=O) groups excluding carboxylic acids is 1. The second kappa shape index (κ2) is 9.43. The van der Waals surface area contributed by atoms with E-state index in [0.717, 1.165) is 17.9 Å². The monoisotopic (exact) mass is 434 g/mol. The van der Waals surface area contributed by atoms with Crippen molar-refractivity contribution >= 4 is 41.5 Å². The summed E-state index contributed by atoms with van der Waals surface area (Å²) < 4.78 is 11.2. The molecule has 128 valence electrons. The molecule has 0 fully saturated rings. The molecule has 1 aliphatic heterocycles. The van der Waals surface area contributed by atoms with Crippen molar-refractivity contribution in [3.8, 4) is 11.5 Å². The topological polar surface area (TPSA) is 89.2 Å². The minimum Gasteiger partial charge on any atom is -0.490 e. The van der Waals surface area contributed by atoms with Gasteiger partial charge in [-0.1, -0.05) is 0 Å². The number of hydrogen-bond acceptors (Lipinski definition) is 4. The van der Waals surface area contributed by atoms with Gasteiger partial charge in [-0.3, -0.25) is 4.79 Å². The van der Waals surface area contributed by atoms with E-state index in [-0.39, 0.29) is 42.4 Å². The van der Waals surface area contributed by atoms with E-state index in [1.165, 1.54) is 0 Å². The van der Waals surface area contributed by atoms with Gasteiger partial charge in [0, 0.05) is 31.8 Å². The number of guanidine groups is 1. The summed E-state index contributed by atoms with van der Waals surface area (Å²) in [5, 5.41) is 2.95. The molecule has 1 amide bonds. The number of likely N-dealkylation sites (N-methyl/N-ethyl adjacent to an activating group) is 1. The number of fused-ring (bicyclic) bond motifs is 1. The Morgan fingerprint density at radius 1 is 1.35 bits per heavy atom. The van der Waals surface area contributed by atoms with Crippen LogP contribution in [0.4, 0.5) is 5.69 Å². The van der Waals surface area contributed by atoms with Gasteiger partial charge < -0.3 is 25.4 Å². The second-order valence-corrected chi connectivity index (χ2v) is 4.95. The Kier molecular flexibility index (Phi) is 7.93. The number of benzene rings is 1. The first kappa shape index (κ1) is 19.3. The summed E-state index contributed by atoms with van der Waals surface area (Å²) in [6, 6.07) is 5.46. The van der Waals surface area contributed by atoms with Crippen molar-refractivity contribution < 1.29 is 14.3 Å². The van der Waals surface area contributed by atoms with Gasteiger partial charge in [0.25, 0.3) is 0 Å². The van der Waals surface area contributed by atoms with Gasteiger partial charge in [-0.25, -0.2) is 4.99 Å². The molecule has 0 saturated carbocycles. The zero-order chi connectivity index (χ0) is 15.9. The quantitative estimate of drug-likeness (QED) is 0.428. The molecule has 23 heavy (non-hydrogen) atoms. The van der Waals surface area contributed by atoms with E-state index >= 15 is 0 Å². The molecule has 1 aromatic carbocycles. The highest BCUT2D eigenvalue weighted by atomic mass is 127. The Labute approximate surface area is 153 Å². The number of amides is 1. The standard InChI is InChI=1S/C15H22N4O3.HI/c1-3-19(2)14(20)10-17-15(16)18-11-5-6-12-13(9-11)22-8-4-7-21-12;/h5-6,9H,3-4,7-8,10H2,1-2H3,(H3,16,17,18);1H. The molecule has 0 unspecified atom stereocenters. The maximum absolute atomic E-state index is 11.7. The van der Waals surface area contributed by atoms with Crippen LogP contribution in [0.1, 0.15) is 13.3 Å². The molecule has 0 atom stereocenters. The highest BCUT2D eigenvalue weighted by molar-refractivity contribution is 14.0. The van der Waals surface area contributed by atoms with Crippen molar-refractivity contribution in [2.75, 3.05) is 38.7 Å². The smallest absolute Gasteiger partial charge is 0.244 e. The third-order valence-corrected chi connectivity index (χ3v) is 3.30. The van der Waals surface area contributed by atoms with Crippen molar-refractivity contribution in [1.29, 1.82) is 0 Å². The molecule has 0 radical (unpaired) electrons. The summed E-state index contributed by atoms with van der Waals surface area (Å²) in [6.45, 7) is 3.84. The molecule has 0 bridgehead atoms. The molecule has 2 rings (SSSR count). The highest BCUT2D eigenvalue weighted by Gasteiger charge is 2.11. The first-order valence-corrected chi connectivity index (χ1v) is 7.30. The number of halogens is 1. The molecular weight excluding hydrogens is 411 g/mol. The SMILES string of the molecule is CCN(C)C(=O)CN=C(N)Nc1ccc2c(c1)OCCCO2.I. The van der Waals surface area contributed by atoms with Crippen molar-refractivity contribution in [2.24, 2.45) is 10.7 Å². The number of nitrogens with two attached hydrogens (primary N) is 1. The van der Waals surface area contributed by atoms with Crippen LogP contribution in [0, 0.1) is 0 Å². The predicted octanol–water partition coefficient (Wildman–Crippen LogP) is 1.67. The number of nitrogens with one attached hydrogen (secondary N) is 1. The molecule has 3 N–H and O–H groups in total. The molecule has 1 aliphatic rings. The second-order valence-electron chi connectivity index (χ2n) is 4.95. The van der Waals surface area contributed by atoms with Crippen molar-refractivity contribution in [3.63, 3.8) is 0 Å². The van der Waals surface area contributed by atoms with Crippen LogP contribution in [0.25, 0.3) is 0 Å². The summed E-state index contributed by atoms with van der Waals surface area (Å²) in [7, 11) is 1.73. The van der Waals surface area contributed by atoms with Crippen LogP contribution in [-0.4, -0.2) is 50.1 Å². The lowest BCUT2D eigenvalue weighted by Crippen LogP contribution is -2.30. The van der Waals surface area contributed by atoms with Gasteiger partial charge >= 0.3 is 0 Å². The normalized spacial score (nSPS) is 13.6. The average molecular weight is 434 g/mol. The Morgan fingerprint density at radius 2 is 2.04 bits per heavy atom. The van der Waals surface area contributed by atoms with E-state index in [9.17, 15) is 4.79 Å². The fraction of sp³-hybridized carbons (Fsp3) is 0.467. The van der Waals surface area contributed by atoms with Crippen LogP contribution in [0.5, 0.6) is 11.5 Å². The van der Waals surface area contributed by atoms with E-state index in [1.54, 1.807) is 11.9 Å². The van der Waals surface area contributed by atoms with Crippen molar-refractivity contribution in [1.82, 2.24) is 4.90 Å². The molecule has 8 heteroatoms. The third kappa shape index (κ3) is 5.77. The molecular formula is C15H23IN4O3. The Morgan fingerprint density at radius 3 is 2.74 bits per heavy atom. The van der Waals surface area contributed by atoms with Crippen LogP contribution >= 0.6 is 24.0 Å². The number of hydrogen-bond donors (Lipinski definition) is 2. The first-order chi connectivity index (χ1) is 10.6. The minimum absolute atomic E-state index is 0. The van der Waals surface area contributed by atoms with Crippen LogP contribution in [0.15, 0.2) is 23.2 Å². The number of ether oxygens (including phenoxy) is 2. The average Bonchev–Trinajstić information content (AvgIpc) is 2.76. The molecule has 1 aromatic rings. The largest absolute Gasteiger partial charge is 0.490 e. The molecule has 0 saturated heterocycles. The van der Waals surface area contributed by atoms with E-state index in [2.05, 4.69) is 10.3 Å². The summed E-state index contributed by atoms with van der Waals surface area (Å²) in [4.78, 5) is 17.3. The van der Waals surface area contributed by atoms with E-state index in [4.69, 9.17) is 15.2 Å². The third-order valence-electron chi connectivity index (χ3n) is 3.30. The first-order valence-electron chi connectivity index (χ1n) is 7.30. The Hall–Kier alpha value is -1.71. The van der Waals surface area contributed by atoms with Gasteiger partial charge in [-0.15, -0.1) is 24.0 Å². The molecule has 0 spiro atoms. The van der Waals surface area contributed by atoms with E-state index in [1.807, 2.05) is 25.1 Å². The summed E-state index contributed by atoms with van der Waals surface area (Å²) in [5.74, 6) is 1.51. The Bertz CT molecular complexity index is 566. The minimum atomic E-state index is -0.0779. The van der Waals surface area contributed by atoms with Gasteiger partial charge in [0.05, 0.1) is 13.2 Å². The lowest BCUT2D eigenvalue weighted by molar-refractivity contribution is -0.128. The molecule has 7 nitrogen and oxygen atoms in total. The maximum atomic E-state index is 11.7. The fourth-order valence-corrected chi connectivity index (χ4v) is 1.88. The lowest BCUT2D eigenvalue weighted by Gasteiger charge is -2.13. The number of nitrogens with zero attached hydrogens (tertiary/aromatic N) is 2. The highest BCUT2D eigenvalue weighted by Crippen LogP contribution is 2.32. The van der Waals surface area contributed by atoms with Crippen LogP contribution in [0.2, 0.25) is 0 Å². The van der Waals surface area contributed by atoms with Crippen LogP contribution in [0.3, 0.4) is 0 Å². The lowest BCUT2D eigenvalue weighted by atomic mass is 10.3. The Balaban J connectivity index is 0.00000264. The summed E-state index contributed by atoms with van der Waals surface area (Å²) >= 11 is 0. The van der Waals surface area contributed by atoms with Gasteiger partial charge in [0.1, 0.15) is 6.54 Å². The van der Waals surface area contributed by atoms with Crippen LogP contribution < -0.4 is 20.5 Å².